The third-order valence-electron chi connectivity index (χ3n) is 4.57. The van der Waals surface area contributed by atoms with Gasteiger partial charge in [0.2, 0.25) is 17.7 Å². The van der Waals surface area contributed by atoms with E-state index in [2.05, 4.69) is 10.6 Å². The molecule has 2 N–H and O–H groups in total. The van der Waals surface area contributed by atoms with Crippen molar-refractivity contribution in [3.05, 3.63) is 59.7 Å². The standard InChI is InChI=1S/C23H26N4O3/c1-17-8-6-9-18(2)23(17)26-21(29)16-25-20(28)12-13-22(30)27(15-7-14-24)19-10-4-3-5-11-19/h3-6,8-11H,7,12-13,15-16H2,1-2H3,(H,25,28)(H,26,29). The highest BCUT2D eigenvalue weighted by atomic mass is 16.2. The first-order valence-electron chi connectivity index (χ1n) is 9.77. The summed E-state index contributed by atoms with van der Waals surface area (Å²) >= 11 is 0. The average molecular weight is 406 g/mol. The van der Waals surface area contributed by atoms with E-state index in [0.717, 1.165) is 16.8 Å². The maximum atomic E-state index is 12.6. The molecule has 2 aromatic rings. The highest BCUT2D eigenvalue weighted by Crippen LogP contribution is 2.19. The van der Waals surface area contributed by atoms with E-state index < -0.39 is 0 Å². The molecule has 0 heterocycles. The van der Waals surface area contributed by atoms with Crippen LogP contribution in [-0.2, 0) is 14.4 Å². The SMILES string of the molecule is Cc1cccc(C)c1NC(=O)CNC(=O)CCC(=O)N(CCC#N)c1ccccc1. The minimum atomic E-state index is -0.381. The van der Waals surface area contributed by atoms with Crippen molar-refractivity contribution in [2.45, 2.75) is 33.1 Å². The van der Waals surface area contributed by atoms with E-state index in [4.69, 9.17) is 5.26 Å². The van der Waals surface area contributed by atoms with Crippen LogP contribution in [0.2, 0.25) is 0 Å². The lowest BCUT2D eigenvalue weighted by Crippen LogP contribution is -2.35. The lowest BCUT2D eigenvalue weighted by Gasteiger charge is -2.21. The molecule has 0 saturated carbocycles. The molecule has 0 unspecified atom stereocenters. The number of nitriles is 1. The van der Waals surface area contributed by atoms with Gasteiger partial charge in [0, 0.05) is 30.8 Å². The van der Waals surface area contributed by atoms with Crippen LogP contribution in [0.3, 0.4) is 0 Å². The van der Waals surface area contributed by atoms with Gasteiger partial charge < -0.3 is 15.5 Å². The fraction of sp³-hybridized carbons (Fsp3) is 0.304. The maximum absolute atomic E-state index is 12.6. The summed E-state index contributed by atoms with van der Waals surface area (Å²) in [5, 5.41) is 14.2. The molecule has 0 aliphatic carbocycles. The third-order valence-corrected chi connectivity index (χ3v) is 4.57. The number of benzene rings is 2. The second-order valence-corrected chi connectivity index (χ2v) is 6.88. The van der Waals surface area contributed by atoms with Crippen molar-refractivity contribution < 1.29 is 14.4 Å². The molecule has 7 nitrogen and oxygen atoms in total. The van der Waals surface area contributed by atoms with E-state index in [1.54, 1.807) is 12.1 Å². The molecular weight excluding hydrogens is 380 g/mol. The smallest absolute Gasteiger partial charge is 0.243 e. The van der Waals surface area contributed by atoms with Gasteiger partial charge in [0.25, 0.3) is 0 Å². The Morgan fingerprint density at radius 3 is 2.23 bits per heavy atom. The molecule has 30 heavy (non-hydrogen) atoms. The fourth-order valence-electron chi connectivity index (χ4n) is 2.99. The third kappa shape index (κ3) is 6.74. The molecule has 0 aromatic heterocycles. The minimum absolute atomic E-state index is 0.00925. The van der Waals surface area contributed by atoms with Crippen LogP contribution in [-0.4, -0.2) is 30.8 Å². The van der Waals surface area contributed by atoms with Crippen LogP contribution < -0.4 is 15.5 Å². The van der Waals surface area contributed by atoms with Crippen molar-refractivity contribution in [3.8, 4) is 6.07 Å². The lowest BCUT2D eigenvalue weighted by molar-refractivity contribution is -0.126. The predicted octanol–water partition coefficient (Wildman–Crippen LogP) is 3.09. The monoisotopic (exact) mass is 406 g/mol. The Bertz CT molecular complexity index is 915. The molecule has 0 aliphatic rings. The zero-order chi connectivity index (χ0) is 21.9. The zero-order valence-electron chi connectivity index (χ0n) is 17.3. The van der Waals surface area contributed by atoms with Crippen molar-refractivity contribution in [1.29, 1.82) is 5.26 Å². The average Bonchev–Trinajstić information content (AvgIpc) is 2.74. The summed E-state index contributed by atoms with van der Waals surface area (Å²) in [5.41, 5.74) is 3.31. The van der Waals surface area contributed by atoms with E-state index in [9.17, 15) is 14.4 Å². The van der Waals surface area contributed by atoms with E-state index in [1.807, 2.05) is 56.3 Å². The van der Waals surface area contributed by atoms with Gasteiger partial charge in [0.15, 0.2) is 0 Å². The zero-order valence-corrected chi connectivity index (χ0v) is 17.3. The van der Waals surface area contributed by atoms with Crippen molar-refractivity contribution in [2.75, 3.05) is 23.3 Å². The molecule has 0 radical (unpaired) electrons. The van der Waals surface area contributed by atoms with E-state index >= 15 is 0 Å². The number of aryl methyl sites for hydroxylation is 2. The summed E-state index contributed by atoms with van der Waals surface area (Å²) in [7, 11) is 0. The first-order chi connectivity index (χ1) is 14.4. The number of nitrogens with one attached hydrogen (secondary N) is 2. The van der Waals surface area contributed by atoms with Gasteiger partial charge in [-0.25, -0.2) is 0 Å². The van der Waals surface area contributed by atoms with Gasteiger partial charge in [-0.05, 0) is 37.1 Å². The highest BCUT2D eigenvalue weighted by Gasteiger charge is 2.17. The first kappa shape index (κ1) is 22.6. The van der Waals surface area contributed by atoms with E-state index in [1.165, 1.54) is 4.90 Å². The second-order valence-electron chi connectivity index (χ2n) is 6.88. The summed E-state index contributed by atoms with van der Waals surface area (Å²) in [6, 6.07) is 16.8. The Kier molecular flexibility index (Phi) is 8.57. The van der Waals surface area contributed by atoms with Crippen molar-refractivity contribution in [3.63, 3.8) is 0 Å². The number of carbonyl (C=O) groups is 3. The number of para-hydroxylation sites is 2. The molecule has 2 rings (SSSR count). The van der Waals surface area contributed by atoms with Gasteiger partial charge in [-0.2, -0.15) is 5.26 Å². The van der Waals surface area contributed by atoms with Gasteiger partial charge in [-0.1, -0.05) is 36.4 Å². The van der Waals surface area contributed by atoms with Gasteiger partial charge in [0.05, 0.1) is 19.0 Å². The summed E-state index contributed by atoms with van der Waals surface area (Å²) in [4.78, 5) is 38.3. The molecule has 0 bridgehead atoms. The Balaban J connectivity index is 1.83. The van der Waals surface area contributed by atoms with Gasteiger partial charge in [0.1, 0.15) is 0 Å². The molecular formula is C23H26N4O3. The molecule has 0 aliphatic heterocycles. The van der Waals surface area contributed by atoms with E-state index in [0.29, 0.717) is 5.69 Å². The second kappa shape index (κ2) is 11.4. The molecule has 0 saturated heterocycles. The quantitative estimate of drug-likeness (QED) is 0.668. The largest absolute Gasteiger partial charge is 0.347 e. The maximum Gasteiger partial charge on any atom is 0.243 e. The van der Waals surface area contributed by atoms with Crippen LogP contribution in [0.25, 0.3) is 0 Å². The van der Waals surface area contributed by atoms with Gasteiger partial charge >= 0.3 is 0 Å². The number of carbonyl (C=O) groups excluding carboxylic acids is 3. The molecule has 7 heteroatoms. The number of hydrogen-bond donors (Lipinski definition) is 2. The number of rotatable bonds is 9. The summed E-state index contributed by atoms with van der Waals surface area (Å²) in [6.45, 7) is 3.89. The normalized spacial score (nSPS) is 10.0. The van der Waals surface area contributed by atoms with Crippen LogP contribution in [0.5, 0.6) is 0 Å². The molecule has 0 fully saturated rings. The van der Waals surface area contributed by atoms with Crippen molar-refractivity contribution in [2.24, 2.45) is 0 Å². The number of nitrogens with zero attached hydrogens (tertiary/aromatic N) is 2. The number of anilines is 2. The summed E-state index contributed by atoms with van der Waals surface area (Å²) in [5.74, 6) is -0.952. The Hall–Kier alpha value is -3.66. The molecule has 2 aromatic carbocycles. The molecule has 3 amide bonds. The van der Waals surface area contributed by atoms with Gasteiger partial charge in [-0.3, -0.25) is 14.4 Å². The lowest BCUT2D eigenvalue weighted by atomic mass is 10.1. The van der Waals surface area contributed by atoms with E-state index in [-0.39, 0.29) is 50.1 Å². The number of hydrogen-bond acceptors (Lipinski definition) is 4. The highest BCUT2D eigenvalue weighted by molar-refractivity contribution is 5.97. The minimum Gasteiger partial charge on any atom is -0.347 e. The first-order valence-corrected chi connectivity index (χ1v) is 9.77. The Labute approximate surface area is 176 Å². The topological polar surface area (TPSA) is 102 Å². The Morgan fingerprint density at radius 2 is 1.60 bits per heavy atom. The predicted molar refractivity (Wildman–Crippen MR) is 116 cm³/mol. The molecule has 0 spiro atoms. The van der Waals surface area contributed by atoms with Crippen LogP contribution in [0, 0.1) is 25.2 Å². The van der Waals surface area contributed by atoms with Gasteiger partial charge in [-0.15, -0.1) is 0 Å². The van der Waals surface area contributed by atoms with Crippen LogP contribution in [0.15, 0.2) is 48.5 Å². The fourth-order valence-corrected chi connectivity index (χ4v) is 2.99. The van der Waals surface area contributed by atoms with Crippen LogP contribution in [0.1, 0.15) is 30.4 Å². The molecule has 0 atom stereocenters. The van der Waals surface area contributed by atoms with Crippen LogP contribution in [0.4, 0.5) is 11.4 Å². The van der Waals surface area contributed by atoms with Crippen LogP contribution >= 0.6 is 0 Å². The van der Waals surface area contributed by atoms with Crippen molar-refractivity contribution >= 4 is 29.1 Å². The van der Waals surface area contributed by atoms with Crippen molar-refractivity contribution in [1.82, 2.24) is 5.32 Å². The summed E-state index contributed by atoms with van der Waals surface area (Å²) < 4.78 is 0. The molecule has 156 valence electrons. The number of amides is 3. The summed E-state index contributed by atoms with van der Waals surface area (Å²) in [6.07, 6.45) is 0.154. The Morgan fingerprint density at radius 1 is 0.933 bits per heavy atom.